The summed E-state index contributed by atoms with van der Waals surface area (Å²) in [7, 11) is 0. The number of halogens is 1. The van der Waals surface area contributed by atoms with Gasteiger partial charge in [0.1, 0.15) is 5.76 Å². The number of amides is 1. The van der Waals surface area contributed by atoms with Crippen LogP contribution >= 0.6 is 11.6 Å². The number of aliphatic hydroxyl groups is 1. The zero-order valence-corrected chi connectivity index (χ0v) is 16.9. The highest BCUT2D eigenvalue weighted by Gasteiger charge is 2.45. The molecule has 146 valence electrons. The SMILES string of the molecule is CCCCCN1C(=O)C(=O)/C(=C(\O)c2ccc(C)cc2)C1c1ccc(Cl)cc1. The topological polar surface area (TPSA) is 57.6 Å². The molecule has 0 saturated carbocycles. The summed E-state index contributed by atoms with van der Waals surface area (Å²) in [5.74, 6) is -1.35. The summed E-state index contributed by atoms with van der Waals surface area (Å²) in [5, 5.41) is 11.5. The highest BCUT2D eigenvalue weighted by Crippen LogP contribution is 2.39. The minimum Gasteiger partial charge on any atom is -0.507 e. The van der Waals surface area contributed by atoms with Crippen molar-refractivity contribution in [3.63, 3.8) is 0 Å². The number of carbonyl (C=O) groups excluding carboxylic acids is 2. The second-order valence-corrected chi connectivity index (χ2v) is 7.55. The van der Waals surface area contributed by atoms with Crippen molar-refractivity contribution in [1.82, 2.24) is 4.90 Å². The van der Waals surface area contributed by atoms with Gasteiger partial charge in [0, 0.05) is 17.1 Å². The number of aryl methyl sites for hydroxylation is 1. The minimum absolute atomic E-state index is 0.132. The molecule has 1 aliphatic rings. The Balaban J connectivity index is 2.10. The number of ketones is 1. The molecular formula is C23H24ClNO3. The van der Waals surface area contributed by atoms with Crippen LogP contribution in [-0.2, 0) is 9.59 Å². The smallest absolute Gasteiger partial charge is 0.295 e. The fourth-order valence-corrected chi connectivity index (χ4v) is 3.63. The van der Waals surface area contributed by atoms with Crippen LogP contribution in [0.4, 0.5) is 0 Å². The van der Waals surface area contributed by atoms with Crippen LogP contribution in [0.15, 0.2) is 54.1 Å². The average Bonchev–Trinajstić information content (AvgIpc) is 2.94. The second kappa shape index (κ2) is 8.61. The van der Waals surface area contributed by atoms with E-state index in [4.69, 9.17) is 11.6 Å². The van der Waals surface area contributed by atoms with Gasteiger partial charge in [0.05, 0.1) is 11.6 Å². The number of aliphatic hydroxyl groups excluding tert-OH is 1. The average molecular weight is 398 g/mol. The van der Waals surface area contributed by atoms with Gasteiger partial charge >= 0.3 is 0 Å². The molecule has 2 aromatic rings. The Morgan fingerprint density at radius 2 is 1.68 bits per heavy atom. The van der Waals surface area contributed by atoms with Crippen molar-refractivity contribution in [1.29, 1.82) is 0 Å². The Morgan fingerprint density at radius 3 is 2.29 bits per heavy atom. The number of likely N-dealkylation sites (tertiary alicyclic amines) is 1. The monoisotopic (exact) mass is 397 g/mol. The van der Waals surface area contributed by atoms with E-state index < -0.39 is 17.7 Å². The predicted octanol–water partition coefficient (Wildman–Crippen LogP) is 5.26. The van der Waals surface area contributed by atoms with Crippen LogP contribution in [0.5, 0.6) is 0 Å². The van der Waals surface area contributed by atoms with Gasteiger partial charge in [0.25, 0.3) is 11.7 Å². The van der Waals surface area contributed by atoms with Crippen LogP contribution in [0.3, 0.4) is 0 Å². The van der Waals surface area contributed by atoms with Gasteiger partial charge in [-0.25, -0.2) is 0 Å². The first-order valence-corrected chi connectivity index (χ1v) is 9.92. The molecule has 0 bridgehead atoms. The molecule has 3 rings (SSSR count). The van der Waals surface area contributed by atoms with E-state index in [1.807, 2.05) is 19.1 Å². The normalized spacial score (nSPS) is 18.7. The lowest BCUT2D eigenvalue weighted by Crippen LogP contribution is -2.30. The van der Waals surface area contributed by atoms with Crippen LogP contribution < -0.4 is 0 Å². The Bertz CT molecular complexity index is 900. The predicted molar refractivity (Wildman–Crippen MR) is 111 cm³/mol. The molecule has 1 unspecified atom stereocenters. The van der Waals surface area contributed by atoms with Crippen molar-refractivity contribution in [2.24, 2.45) is 0 Å². The molecule has 2 aromatic carbocycles. The zero-order chi connectivity index (χ0) is 20.3. The van der Waals surface area contributed by atoms with E-state index in [1.165, 1.54) is 0 Å². The number of nitrogens with zero attached hydrogens (tertiary/aromatic N) is 1. The largest absolute Gasteiger partial charge is 0.507 e. The quantitative estimate of drug-likeness (QED) is 0.313. The molecular weight excluding hydrogens is 374 g/mol. The summed E-state index contributed by atoms with van der Waals surface area (Å²) in [4.78, 5) is 27.2. The van der Waals surface area contributed by atoms with Gasteiger partial charge in [0.2, 0.25) is 0 Å². The van der Waals surface area contributed by atoms with E-state index in [1.54, 1.807) is 41.3 Å². The number of hydrogen-bond donors (Lipinski definition) is 1. The molecule has 1 atom stereocenters. The van der Waals surface area contributed by atoms with Crippen LogP contribution in [0.25, 0.3) is 5.76 Å². The minimum atomic E-state index is -0.644. The van der Waals surface area contributed by atoms with Crippen molar-refractivity contribution >= 4 is 29.1 Å². The Hall–Kier alpha value is -2.59. The molecule has 1 aliphatic heterocycles. The van der Waals surface area contributed by atoms with E-state index in [0.717, 1.165) is 30.4 Å². The van der Waals surface area contributed by atoms with Gasteiger partial charge in [-0.15, -0.1) is 0 Å². The van der Waals surface area contributed by atoms with Crippen molar-refractivity contribution in [3.05, 3.63) is 75.8 Å². The van der Waals surface area contributed by atoms with Crippen molar-refractivity contribution in [3.8, 4) is 0 Å². The summed E-state index contributed by atoms with van der Waals surface area (Å²) in [6.07, 6.45) is 2.78. The van der Waals surface area contributed by atoms with Crippen molar-refractivity contribution in [2.45, 2.75) is 39.2 Å². The second-order valence-electron chi connectivity index (χ2n) is 7.12. The van der Waals surface area contributed by atoms with E-state index in [0.29, 0.717) is 17.1 Å². The van der Waals surface area contributed by atoms with E-state index >= 15 is 0 Å². The molecule has 1 saturated heterocycles. The Kier molecular flexibility index (Phi) is 6.20. The number of Topliss-reactive ketones (excluding diaryl/α,β-unsaturated/α-hetero) is 1. The van der Waals surface area contributed by atoms with Gasteiger partial charge in [0.15, 0.2) is 0 Å². The van der Waals surface area contributed by atoms with E-state index in [-0.39, 0.29) is 11.3 Å². The highest BCUT2D eigenvalue weighted by atomic mass is 35.5. The number of carbonyl (C=O) groups is 2. The summed E-state index contributed by atoms with van der Waals surface area (Å²) >= 11 is 6.02. The number of unbranched alkanes of at least 4 members (excludes halogenated alkanes) is 2. The van der Waals surface area contributed by atoms with E-state index in [2.05, 4.69) is 6.92 Å². The fourth-order valence-electron chi connectivity index (χ4n) is 3.50. The number of rotatable bonds is 6. The van der Waals surface area contributed by atoms with Gasteiger partial charge < -0.3 is 10.0 Å². The number of benzene rings is 2. The van der Waals surface area contributed by atoms with Gasteiger partial charge in [-0.2, -0.15) is 0 Å². The first kappa shape index (κ1) is 20.2. The van der Waals surface area contributed by atoms with Gasteiger partial charge in [-0.05, 0) is 31.0 Å². The van der Waals surface area contributed by atoms with Crippen LogP contribution in [0.2, 0.25) is 5.02 Å². The zero-order valence-electron chi connectivity index (χ0n) is 16.1. The standard InChI is InChI=1S/C23H24ClNO3/c1-3-4-5-14-25-20(16-10-12-18(24)13-11-16)19(22(27)23(25)28)21(26)17-8-6-15(2)7-9-17/h6-13,20,26H,3-5,14H2,1-2H3/b21-19-. The lowest BCUT2D eigenvalue weighted by Gasteiger charge is -2.25. The van der Waals surface area contributed by atoms with E-state index in [9.17, 15) is 14.7 Å². The first-order chi connectivity index (χ1) is 13.4. The summed E-state index contributed by atoms with van der Waals surface area (Å²) < 4.78 is 0. The molecule has 1 heterocycles. The molecule has 0 spiro atoms. The van der Waals surface area contributed by atoms with Crippen molar-refractivity contribution < 1.29 is 14.7 Å². The third-order valence-corrected chi connectivity index (χ3v) is 5.31. The molecule has 1 amide bonds. The molecule has 1 N–H and O–H groups in total. The third kappa shape index (κ3) is 3.97. The van der Waals surface area contributed by atoms with Crippen molar-refractivity contribution in [2.75, 3.05) is 6.54 Å². The molecule has 0 radical (unpaired) electrons. The van der Waals surface area contributed by atoms with Crippen LogP contribution in [0, 0.1) is 6.92 Å². The lowest BCUT2D eigenvalue weighted by molar-refractivity contribution is -0.139. The van der Waals surface area contributed by atoms with Gasteiger partial charge in [-0.3, -0.25) is 9.59 Å². The Labute approximate surface area is 170 Å². The molecule has 5 heteroatoms. The molecule has 0 aliphatic carbocycles. The Morgan fingerprint density at radius 1 is 1.04 bits per heavy atom. The first-order valence-electron chi connectivity index (χ1n) is 9.55. The maximum Gasteiger partial charge on any atom is 0.295 e. The van der Waals surface area contributed by atoms with Crippen LogP contribution in [0.1, 0.15) is 48.9 Å². The highest BCUT2D eigenvalue weighted by molar-refractivity contribution is 6.46. The number of hydrogen-bond acceptors (Lipinski definition) is 3. The fraction of sp³-hybridized carbons (Fsp3) is 0.304. The lowest BCUT2D eigenvalue weighted by atomic mass is 9.95. The summed E-state index contributed by atoms with van der Waals surface area (Å²) in [6, 6.07) is 13.7. The molecule has 0 aromatic heterocycles. The maximum absolute atomic E-state index is 12.8. The summed E-state index contributed by atoms with van der Waals surface area (Å²) in [5.41, 5.74) is 2.46. The van der Waals surface area contributed by atoms with Gasteiger partial charge in [-0.1, -0.05) is 73.3 Å². The maximum atomic E-state index is 12.8. The molecule has 1 fully saturated rings. The third-order valence-electron chi connectivity index (χ3n) is 5.05. The van der Waals surface area contributed by atoms with Crippen LogP contribution in [-0.4, -0.2) is 28.2 Å². The summed E-state index contributed by atoms with van der Waals surface area (Å²) in [6.45, 7) is 4.50. The molecule has 4 nitrogen and oxygen atoms in total. The molecule has 28 heavy (non-hydrogen) atoms.